The summed E-state index contributed by atoms with van der Waals surface area (Å²) in [6, 6.07) is 2.34. The van der Waals surface area contributed by atoms with Crippen LogP contribution in [0.3, 0.4) is 0 Å². The number of nitriles is 1. The van der Waals surface area contributed by atoms with Gasteiger partial charge in [0, 0.05) is 11.7 Å². The molecular formula is C15H20N2O. The third-order valence-electron chi connectivity index (χ3n) is 3.93. The van der Waals surface area contributed by atoms with Gasteiger partial charge in [-0.2, -0.15) is 5.26 Å². The minimum Gasteiger partial charge on any atom is -0.305 e. The molecule has 2 rings (SSSR count). The Morgan fingerprint density at radius 3 is 2.61 bits per heavy atom. The number of carbonyl (C=O) groups excluding carboxylic acids is 1. The van der Waals surface area contributed by atoms with Gasteiger partial charge in [-0.05, 0) is 24.8 Å². The molecule has 0 saturated heterocycles. The van der Waals surface area contributed by atoms with Crippen LogP contribution in [0.1, 0.15) is 51.9 Å². The van der Waals surface area contributed by atoms with Crippen molar-refractivity contribution in [1.29, 1.82) is 5.26 Å². The highest BCUT2D eigenvalue weighted by Crippen LogP contribution is 2.36. The van der Waals surface area contributed by atoms with E-state index in [1.807, 2.05) is 0 Å². The summed E-state index contributed by atoms with van der Waals surface area (Å²) in [5.41, 5.74) is 1.98. The van der Waals surface area contributed by atoms with Crippen molar-refractivity contribution in [1.82, 2.24) is 4.90 Å². The first-order valence-electron chi connectivity index (χ1n) is 6.86. The van der Waals surface area contributed by atoms with E-state index >= 15 is 0 Å². The van der Waals surface area contributed by atoms with Crippen LogP contribution in [0, 0.1) is 11.3 Å². The number of hydrogen-bond donors (Lipinski definition) is 0. The first-order valence-corrected chi connectivity index (χ1v) is 6.86. The van der Waals surface area contributed by atoms with Crippen molar-refractivity contribution in [2.75, 3.05) is 0 Å². The van der Waals surface area contributed by atoms with Crippen LogP contribution in [0.5, 0.6) is 0 Å². The second kappa shape index (κ2) is 5.39. The predicted octanol–water partition coefficient (Wildman–Crippen LogP) is 3.30. The van der Waals surface area contributed by atoms with E-state index in [4.69, 9.17) is 0 Å². The fourth-order valence-corrected chi connectivity index (χ4v) is 3.02. The second-order valence-corrected chi connectivity index (χ2v) is 5.13. The summed E-state index contributed by atoms with van der Waals surface area (Å²) >= 11 is 0. The molecule has 3 heteroatoms. The first kappa shape index (κ1) is 12.9. The average Bonchev–Trinajstić information content (AvgIpc) is 2.62. The molecule has 1 aliphatic carbocycles. The van der Waals surface area contributed by atoms with Crippen LogP contribution in [0.15, 0.2) is 23.4 Å². The smallest absolute Gasteiger partial charge is 0.269 e. The number of nitrogens with zero attached hydrogens (tertiary/aromatic N) is 2. The van der Waals surface area contributed by atoms with Gasteiger partial charge < -0.3 is 4.90 Å². The minimum absolute atomic E-state index is 0.113. The molecule has 1 aliphatic heterocycles. The zero-order valence-corrected chi connectivity index (χ0v) is 11.0. The molecule has 18 heavy (non-hydrogen) atoms. The predicted molar refractivity (Wildman–Crippen MR) is 70.4 cm³/mol. The van der Waals surface area contributed by atoms with Gasteiger partial charge in [0.05, 0.1) is 0 Å². The highest BCUT2D eigenvalue weighted by Gasteiger charge is 2.37. The quantitative estimate of drug-likeness (QED) is 0.764. The van der Waals surface area contributed by atoms with Crippen molar-refractivity contribution < 1.29 is 4.79 Å². The van der Waals surface area contributed by atoms with Gasteiger partial charge in [-0.1, -0.05) is 39.2 Å². The van der Waals surface area contributed by atoms with Crippen LogP contribution in [0.25, 0.3) is 0 Å². The average molecular weight is 244 g/mol. The Morgan fingerprint density at radius 2 is 2.06 bits per heavy atom. The summed E-state index contributed by atoms with van der Waals surface area (Å²) < 4.78 is 0. The summed E-state index contributed by atoms with van der Waals surface area (Å²) in [6.07, 6.45) is 7.40. The molecule has 0 radical (unpaired) electrons. The first-order chi connectivity index (χ1) is 8.70. The maximum Gasteiger partial charge on any atom is 0.269 e. The summed E-state index contributed by atoms with van der Waals surface area (Å²) in [4.78, 5) is 14.1. The molecule has 3 nitrogen and oxygen atoms in total. The molecule has 0 N–H and O–H groups in total. The lowest BCUT2D eigenvalue weighted by molar-refractivity contribution is -0.126. The molecule has 1 heterocycles. The Kier molecular flexibility index (Phi) is 3.86. The molecule has 0 atom stereocenters. The molecule has 0 spiro atoms. The Hall–Kier alpha value is -1.56. The lowest BCUT2D eigenvalue weighted by atomic mass is 9.94. The van der Waals surface area contributed by atoms with Crippen molar-refractivity contribution in [2.45, 2.75) is 57.9 Å². The fraction of sp³-hybridized carbons (Fsp3) is 0.600. The number of allylic oxidation sites excluding steroid dienone is 1. The molecule has 0 bridgehead atoms. The highest BCUT2D eigenvalue weighted by molar-refractivity contribution is 6.03. The van der Waals surface area contributed by atoms with E-state index in [1.165, 1.54) is 19.3 Å². The zero-order valence-electron chi connectivity index (χ0n) is 11.0. The maximum absolute atomic E-state index is 12.3. The molecule has 0 aromatic carbocycles. The van der Waals surface area contributed by atoms with E-state index in [2.05, 4.69) is 19.6 Å². The van der Waals surface area contributed by atoms with Gasteiger partial charge in [0.25, 0.3) is 5.91 Å². The topological polar surface area (TPSA) is 44.1 Å². The van der Waals surface area contributed by atoms with Crippen molar-refractivity contribution in [2.24, 2.45) is 0 Å². The standard InChI is InChI=1S/C15H20N2O/c1-3-7-13-11(2)17(15(18)14(13)10-16)12-8-5-4-6-9-12/h12H,2-9H2,1H3. The highest BCUT2D eigenvalue weighted by atomic mass is 16.2. The van der Waals surface area contributed by atoms with Crippen molar-refractivity contribution in [3.8, 4) is 6.07 Å². The van der Waals surface area contributed by atoms with E-state index in [1.54, 1.807) is 4.90 Å². The molecule has 96 valence electrons. The summed E-state index contributed by atoms with van der Waals surface area (Å²) in [6.45, 7) is 6.11. The Labute approximate surface area is 109 Å². The third-order valence-corrected chi connectivity index (χ3v) is 3.93. The second-order valence-electron chi connectivity index (χ2n) is 5.13. The van der Waals surface area contributed by atoms with Crippen LogP contribution in [-0.2, 0) is 4.79 Å². The van der Waals surface area contributed by atoms with Gasteiger partial charge in [0.15, 0.2) is 0 Å². The zero-order chi connectivity index (χ0) is 13.1. The molecule has 2 aliphatic rings. The SMILES string of the molecule is C=C1C(CCC)=C(C#N)C(=O)N1C1CCCCC1. The Balaban J connectivity index is 2.24. The molecule has 0 unspecified atom stereocenters. The lowest BCUT2D eigenvalue weighted by Gasteiger charge is -2.32. The van der Waals surface area contributed by atoms with E-state index in [-0.39, 0.29) is 11.9 Å². The van der Waals surface area contributed by atoms with Gasteiger partial charge in [-0.25, -0.2) is 0 Å². The number of rotatable bonds is 3. The van der Waals surface area contributed by atoms with Crippen LogP contribution in [-0.4, -0.2) is 16.8 Å². The number of carbonyl (C=O) groups is 1. The van der Waals surface area contributed by atoms with Crippen molar-refractivity contribution >= 4 is 5.91 Å². The summed E-state index contributed by atoms with van der Waals surface area (Å²) in [5.74, 6) is -0.113. The van der Waals surface area contributed by atoms with Crippen LogP contribution >= 0.6 is 0 Å². The van der Waals surface area contributed by atoms with Crippen LogP contribution in [0.2, 0.25) is 0 Å². The van der Waals surface area contributed by atoms with E-state index in [0.717, 1.165) is 37.0 Å². The van der Waals surface area contributed by atoms with Gasteiger partial charge in [-0.15, -0.1) is 0 Å². The molecule has 1 fully saturated rings. The fourth-order valence-electron chi connectivity index (χ4n) is 3.02. The number of amides is 1. The van der Waals surface area contributed by atoms with Gasteiger partial charge in [-0.3, -0.25) is 4.79 Å². The molecule has 0 aromatic heterocycles. The van der Waals surface area contributed by atoms with Crippen molar-refractivity contribution in [3.63, 3.8) is 0 Å². The molecule has 1 amide bonds. The van der Waals surface area contributed by atoms with E-state index in [0.29, 0.717) is 5.57 Å². The third kappa shape index (κ3) is 2.08. The van der Waals surface area contributed by atoms with Crippen LogP contribution in [0.4, 0.5) is 0 Å². The Bertz CT molecular complexity index is 436. The minimum atomic E-state index is -0.113. The van der Waals surface area contributed by atoms with E-state index in [9.17, 15) is 10.1 Å². The molecular weight excluding hydrogens is 224 g/mol. The summed E-state index contributed by atoms with van der Waals surface area (Å²) in [7, 11) is 0. The van der Waals surface area contributed by atoms with E-state index < -0.39 is 0 Å². The van der Waals surface area contributed by atoms with Crippen LogP contribution < -0.4 is 0 Å². The maximum atomic E-state index is 12.3. The van der Waals surface area contributed by atoms with Crippen molar-refractivity contribution in [3.05, 3.63) is 23.4 Å². The normalized spacial score (nSPS) is 21.7. The monoisotopic (exact) mass is 244 g/mol. The Morgan fingerprint density at radius 1 is 1.39 bits per heavy atom. The molecule has 0 aromatic rings. The number of hydrogen-bond acceptors (Lipinski definition) is 2. The van der Waals surface area contributed by atoms with Gasteiger partial charge >= 0.3 is 0 Å². The molecule has 1 saturated carbocycles. The lowest BCUT2D eigenvalue weighted by Crippen LogP contribution is -2.37. The van der Waals surface area contributed by atoms with Gasteiger partial charge in [0.2, 0.25) is 0 Å². The largest absolute Gasteiger partial charge is 0.305 e. The summed E-state index contributed by atoms with van der Waals surface area (Å²) in [5, 5.41) is 9.17. The van der Waals surface area contributed by atoms with Gasteiger partial charge in [0.1, 0.15) is 11.6 Å².